The van der Waals surface area contributed by atoms with E-state index in [2.05, 4.69) is 17.3 Å². The van der Waals surface area contributed by atoms with Crippen LogP contribution in [0.4, 0.5) is 5.69 Å². The predicted molar refractivity (Wildman–Crippen MR) is 106 cm³/mol. The summed E-state index contributed by atoms with van der Waals surface area (Å²) < 4.78 is 26.3. The van der Waals surface area contributed by atoms with Crippen molar-refractivity contribution in [3.05, 3.63) is 29.3 Å². The van der Waals surface area contributed by atoms with Gasteiger partial charge in [-0.05, 0) is 76.5 Å². The minimum Gasteiger partial charge on any atom is -0.351 e. The number of carbonyl (C=O) groups is 1. The maximum absolute atomic E-state index is 12.9. The van der Waals surface area contributed by atoms with Crippen molar-refractivity contribution in [1.29, 1.82) is 0 Å². The molecular formula is C19H31N3O3S. The van der Waals surface area contributed by atoms with Gasteiger partial charge < -0.3 is 10.2 Å². The van der Waals surface area contributed by atoms with Crippen molar-refractivity contribution >= 4 is 21.6 Å². The Bertz CT molecular complexity index is 720. The standard InChI is InChI=1S/C19H31N3O3S/c1-6-18(19(23)20-16-7-9-21(4)10-8-16)22(26(5,24)25)17-12-14(2)11-15(3)13-17/h11-13,16,18H,6-10H2,1-5H3,(H,20,23)/t18-/m1/s1. The summed E-state index contributed by atoms with van der Waals surface area (Å²) in [5.41, 5.74) is 2.49. The fourth-order valence-corrected chi connectivity index (χ4v) is 4.78. The maximum Gasteiger partial charge on any atom is 0.244 e. The van der Waals surface area contributed by atoms with Gasteiger partial charge in [0.2, 0.25) is 15.9 Å². The van der Waals surface area contributed by atoms with E-state index >= 15 is 0 Å². The Morgan fingerprint density at radius 2 is 1.77 bits per heavy atom. The number of sulfonamides is 1. The van der Waals surface area contributed by atoms with Crippen LogP contribution < -0.4 is 9.62 Å². The number of hydrogen-bond acceptors (Lipinski definition) is 4. The molecule has 1 atom stereocenters. The largest absolute Gasteiger partial charge is 0.351 e. The molecule has 0 aromatic heterocycles. The molecule has 7 heteroatoms. The van der Waals surface area contributed by atoms with Gasteiger partial charge in [-0.25, -0.2) is 8.42 Å². The number of anilines is 1. The Balaban J connectivity index is 2.28. The summed E-state index contributed by atoms with van der Waals surface area (Å²) in [7, 11) is -1.53. The molecule has 1 aromatic carbocycles. The first kappa shape index (κ1) is 20.7. The Morgan fingerprint density at radius 3 is 2.23 bits per heavy atom. The van der Waals surface area contributed by atoms with E-state index in [1.807, 2.05) is 39.0 Å². The van der Waals surface area contributed by atoms with Gasteiger partial charge in [-0.15, -0.1) is 0 Å². The number of piperidine rings is 1. The van der Waals surface area contributed by atoms with Crippen LogP contribution in [-0.4, -0.2) is 57.7 Å². The third-order valence-corrected chi connectivity index (χ3v) is 6.04. The van der Waals surface area contributed by atoms with Gasteiger partial charge in [0.1, 0.15) is 6.04 Å². The second-order valence-corrected chi connectivity index (χ2v) is 9.27. The second-order valence-electron chi connectivity index (χ2n) is 7.41. The van der Waals surface area contributed by atoms with E-state index in [9.17, 15) is 13.2 Å². The molecule has 146 valence electrons. The highest BCUT2D eigenvalue weighted by atomic mass is 32.2. The number of likely N-dealkylation sites (tertiary alicyclic amines) is 1. The maximum atomic E-state index is 12.9. The van der Waals surface area contributed by atoms with Gasteiger partial charge >= 0.3 is 0 Å². The molecule has 0 unspecified atom stereocenters. The van der Waals surface area contributed by atoms with Crippen LogP contribution >= 0.6 is 0 Å². The quantitative estimate of drug-likeness (QED) is 0.819. The van der Waals surface area contributed by atoms with Gasteiger partial charge in [0.15, 0.2) is 0 Å². The fraction of sp³-hybridized carbons (Fsp3) is 0.632. The summed E-state index contributed by atoms with van der Waals surface area (Å²) in [5.74, 6) is -0.216. The van der Waals surface area contributed by atoms with Gasteiger partial charge in [0.05, 0.1) is 11.9 Å². The number of hydrogen-bond donors (Lipinski definition) is 1. The summed E-state index contributed by atoms with van der Waals surface area (Å²) in [4.78, 5) is 15.2. The number of aryl methyl sites for hydroxylation is 2. The third-order valence-electron chi connectivity index (χ3n) is 4.86. The third kappa shape index (κ3) is 5.20. The van der Waals surface area contributed by atoms with Gasteiger partial charge in [-0.3, -0.25) is 9.10 Å². The molecule has 0 aliphatic carbocycles. The SMILES string of the molecule is CC[C@H](C(=O)NC1CCN(C)CC1)N(c1cc(C)cc(C)c1)S(C)(=O)=O. The molecular weight excluding hydrogens is 350 g/mol. The van der Waals surface area contributed by atoms with Crippen LogP contribution in [0.5, 0.6) is 0 Å². The van der Waals surface area contributed by atoms with Crippen LogP contribution in [0.1, 0.15) is 37.3 Å². The molecule has 0 radical (unpaired) electrons. The number of rotatable bonds is 6. The van der Waals surface area contributed by atoms with Crippen LogP contribution in [0.2, 0.25) is 0 Å². The summed E-state index contributed by atoms with van der Waals surface area (Å²) in [6, 6.07) is 4.99. The number of carbonyl (C=O) groups excluding carboxylic acids is 1. The number of benzene rings is 1. The zero-order chi connectivity index (χ0) is 19.5. The van der Waals surface area contributed by atoms with E-state index in [0.29, 0.717) is 12.1 Å². The first-order valence-electron chi connectivity index (χ1n) is 9.18. The number of nitrogens with zero attached hydrogens (tertiary/aromatic N) is 2. The zero-order valence-corrected chi connectivity index (χ0v) is 17.3. The second kappa shape index (κ2) is 8.39. The molecule has 1 N–H and O–H groups in total. The first-order valence-corrected chi connectivity index (χ1v) is 11.0. The number of amides is 1. The number of nitrogens with one attached hydrogen (secondary N) is 1. The van der Waals surface area contributed by atoms with E-state index in [1.54, 1.807) is 0 Å². The highest BCUT2D eigenvalue weighted by molar-refractivity contribution is 7.92. The van der Waals surface area contributed by atoms with Crippen molar-refractivity contribution in [1.82, 2.24) is 10.2 Å². The Labute approximate surface area is 157 Å². The van der Waals surface area contributed by atoms with Crippen molar-refractivity contribution in [3.63, 3.8) is 0 Å². The molecule has 1 aliphatic heterocycles. The van der Waals surface area contributed by atoms with E-state index in [-0.39, 0.29) is 11.9 Å². The fourth-order valence-electron chi connectivity index (χ4n) is 3.59. The van der Waals surface area contributed by atoms with Crippen molar-refractivity contribution in [2.24, 2.45) is 0 Å². The lowest BCUT2D eigenvalue weighted by atomic mass is 10.0. The Hall–Kier alpha value is -1.60. The van der Waals surface area contributed by atoms with Crippen molar-refractivity contribution in [2.45, 2.75) is 52.1 Å². The van der Waals surface area contributed by atoms with Crippen LogP contribution in [0.25, 0.3) is 0 Å². The van der Waals surface area contributed by atoms with E-state index in [4.69, 9.17) is 0 Å². The normalized spacial score (nSPS) is 17.7. The molecule has 1 heterocycles. The van der Waals surface area contributed by atoms with Crippen LogP contribution in [0.15, 0.2) is 18.2 Å². The van der Waals surface area contributed by atoms with Crippen molar-refractivity contribution < 1.29 is 13.2 Å². The minimum atomic E-state index is -3.59. The smallest absolute Gasteiger partial charge is 0.244 e. The summed E-state index contributed by atoms with van der Waals surface area (Å²) >= 11 is 0. The Morgan fingerprint density at radius 1 is 1.23 bits per heavy atom. The van der Waals surface area contributed by atoms with Crippen LogP contribution in [0.3, 0.4) is 0 Å². The lowest BCUT2D eigenvalue weighted by molar-refractivity contribution is -0.123. The topological polar surface area (TPSA) is 69.7 Å². The average molecular weight is 382 g/mol. The lowest BCUT2D eigenvalue weighted by Crippen LogP contribution is -2.53. The first-order chi connectivity index (χ1) is 12.1. The van der Waals surface area contributed by atoms with Gasteiger partial charge in [-0.1, -0.05) is 13.0 Å². The lowest BCUT2D eigenvalue weighted by Gasteiger charge is -2.34. The van der Waals surface area contributed by atoms with Gasteiger partial charge in [-0.2, -0.15) is 0 Å². The van der Waals surface area contributed by atoms with E-state index in [0.717, 1.165) is 43.3 Å². The van der Waals surface area contributed by atoms with Crippen LogP contribution in [-0.2, 0) is 14.8 Å². The monoisotopic (exact) mass is 381 g/mol. The molecule has 1 aliphatic rings. The minimum absolute atomic E-state index is 0.105. The van der Waals surface area contributed by atoms with E-state index in [1.165, 1.54) is 4.31 Å². The molecule has 2 rings (SSSR count). The summed E-state index contributed by atoms with van der Waals surface area (Å²) in [5, 5.41) is 3.07. The summed E-state index contributed by atoms with van der Waals surface area (Å²) in [6.45, 7) is 7.58. The molecule has 1 saturated heterocycles. The highest BCUT2D eigenvalue weighted by Gasteiger charge is 2.33. The molecule has 26 heavy (non-hydrogen) atoms. The summed E-state index contributed by atoms with van der Waals surface area (Å²) in [6.07, 6.45) is 3.36. The molecule has 1 aromatic rings. The predicted octanol–water partition coefficient (Wildman–Crippen LogP) is 2.06. The zero-order valence-electron chi connectivity index (χ0n) is 16.4. The van der Waals surface area contributed by atoms with Crippen molar-refractivity contribution in [3.8, 4) is 0 Å². The van der Waals surface area contributed by atoms with Crippen LogP contribution in [0, 0.1) is 13.8 Å². The van der Waals surface area contributed by atoms with E-state index < -0.39 is 16.1 Å². The molecule has 0 spiro atoms. The molecule has 1 fully saturated rings. The average Bonchev–Trinajstić information content (AvgIpc) is 2.52. The molecule has 0 bridgehead atoms. The highest BCUT2D eigenvalue weighted by Crippen LogP contribution is 2.25. The van der Waals surface area contributed by atoms with Crippen molar-refractivity contribution in [2.75, 3.05) is 30.7 Å². The molecule has 0 saturated carbocycles. The Kier molecular flexibility index (Phi) is 6.69. The van der Waals surface area contributed by atoms with Gasteiger partial charge in [0.25, 0.3) is 0 Å². The molecule has 1 amide bonds. The molecule has 6 nitrogen and oxygen atoms in total. The van der Waals surface area contributed by atoms with Gasteiger partial charge in [0, 0.05) is 6.04 Å².